The number of allylic oxidation sites excluding steroid dienone is 1. The van der Waals surface area contributed by atoms with Gasteiger partial charge < -0.3 is 45.7 Å². The maximum absolute atomic E-state index is 12.9. The number of carboxylic acids is 4. The van der Waals surface area contributed by atoms with Crippen LogP contribution in [0.1, 0.15) is 25.3 Å². The lowest BCUT2D eigenvalue weighted by molar-refractivity contribution is -0.139. The number of nitrogens with two attached hydrogens (primary N) is 1. The van der Waals surface area contributed by atoms with Crippen LogP contribution < -0.4 is 11.1 Å². The molecule has 7 N–H and O–H groups in total. The monoisotopic (exact) mass is 640 g/mol. The summed E-state index contributed by atoms with van der Waals surface area (Å²) < 4.78 is 15.8. The van der Waals surface area contributed by atoms with Gasteiger partial charge in [-0.1, -0.05) is 29.8 Å². The SMILES string of the molecule is CCOC(=O)C1=C(COCCN)NC(C)=C(C(=O)OC)C1c1ccccc1Cl.O=C(O)/C=C\C(=O)O.O=C(O)/C=C\C(=O)O. The van der Waals surface area contributed by atoms with E-state index < -0.39 is 41.7 Å². The van der Waals surface area contributed by atoms with Crippen LogP contribution in [-0.2, 0) is 43.0 Å². The number of hydrogen-bond acceptors (Lipinski definition) is 11. The first kappa shape index (κ1) is 39.0. The van der Waals surface area contributed by atoms with Crippen molar-refractivity contribution in [1.82, 2.24) is 5.32 Å². The predicted molar refractivity (Wildman–Crippen MR) is 154 cm³/mol. The van der Waals surface area contributed by atoms with Gasteiger partial charge in [-0.3, -0.25) is 0 Å². The van der Waals surface area contributed by atoms with Crippen molar-refractivity contribution < 1.29 is 63.4 Å². The molecule has 16 heteroatoms. The highest BCUT2D eigenvalue weighted by Gasteiger charge is 2.39. The van der Waals surface area contributed by atoms with Gasteiger partial charge in [-0.15, -0.1) is 0 Å². The van der Waals surface area contributed by atoms with Crippen molar-refractivity contribution in [2.24, 2.45) is 5.73 Å². The molecule has 1 aliphatic rings. The molecular weight excluding hydrogens is 608 g/mol. The van der Waals surface area contributed by atoms with E-state index in [1.807, 2.05) is 0 Å². The second-order valence-electron chi connectivity index (χ2n) is 8.08. The molecule has 0 saturated heterocycles. The van der Waals surface area contributed by atoms with Gasteiger partial charge in [0.2, 0.25) is 0 Å². The van der Waals surface area contributed by atoms with E-state index in [2.05, 4.69) is 5.32 Å². The zero-order valence-electron chi connectivity index (χ0n) is 23.9. The van der Waals surface area contributed by atoms with Crippen molar-refractivity contribution in [3.8, 4) is 0 Å². The summed E-state index contributed by atoms with van der Waals surface area (Å²) in [7, 11) is 1.29. The standard InChI is InChI=1S/C20H25ClN2O5.2C4H4O4/c1-4-28-20(25)18-15(11-27-10-9-22)23-12(2)16(19(24)26-3)17(18)13-7-5-6-8-14(13)21;2*5-3(6)1-2-4(7)8/h5-8,17,23H,4,9-11,22H2,1-3H3;2*1-2H,(H,5,6)(H,7,8)/b;2*2-1-. The van der Waals surface area contributed by atoms with Crippen LogP contribution in [0.4, 0.5) is 0 Å². The van der Waals surface area contributed by atoms with Crippen molar-refractivity contribution >= 4 is 47.4 Å². The molecule has 2 rings (SSSR count). The van der Waals surface area contributed by atoms with Crippen LogP contribution in [0.2, 0.25) is 5.02 Å². The smallest absolute Gasteiger partial charge is 0.336 e. The largest absolute Gasteiger partial charge is 0.478 e. The first-order chi connectivity index (χ1) is 20.7. The third kappa shape index (κ3) is 14.3. The van der Waals surface area contributed by atoms with E-state index in [1.165, 1.54) is 7.11 Å². The fourth-order valence-corrected chi connectivity index (χ4v) is 3.65. The van der Waals surface area contributed by atoms with Gasteiger partial charge in [-0.2, -0.15) is 0 Å². The molecule has 44 heavy (non-hydrogen) atoms. The number of esters is 2. The summed E-state index contributed by atoms with van der Waals surface area (Å²) in [5, 5.41) is 34.8. The Bertz CT molecular complexity index is 1270. The number of nitrogens with one attached hydrogen (secondary N) is 1. The van der Waals surface area contributed by atoms with E-state index in [0.29, 0.717) is 65.0 Å². The van der Waals surface area contributed by atoms with Gasteiger partial charge in [0.1, 0.15) is 0 Å². The second kappa shape index (κ2) is 20.8. The fraction of sp³-hybridized carbons (Fsp3) is 0.286. The minimum absolute atomic E-state index is 0.109. The van der Waals surface area contributed by atoms with Crippen molar-refractivity contribution in [1.29, 1.82) is 0 Å². The van der Waals surface area contributed by atoms with E-state index >= 15 is 0 Å². The number of carboxylic acid groups (broad SMARTS) is 4. The maximum atomic E-state index is 12.9. The lowest BCUT2D eigenvalue weighted by atomic mass is 9.80. The minimum Gasteiger partial charge on any atom is -0.478 e. The Balaban J connectivity index is 0.000000947. The molecule has 0 aliphatic carbocycles. The molecule has 1 heterocycles. The number of hydrogen-bond donors (Lipinski definition) is 6. The molecule has 1 aliphatic heterocycles. The van der Waals surface area contributed by atoms with Crippen molar-refractivity contribution in [3.05, 3.63) is 81.7 Å². The number of aliphatic carboxylic acids is 4. The van der Waals surface area contributed by atoms with Crippen molar-refractivity contribution in [3.63, 3.8) is 0 Å². The highest BCUT2D eigenvalue weighted by atomic mass is 35.5. The molecule has 0 spiro atoms. The number of dihydropyridines is 1. The van der Waals surface area contributed by atoms with E-state index in [1.54, 1.807) is 38.1 Å². The molecule has 15 nitrogen and oxygen atoms in total. The van der Waals surface area contributed by atoms with Crippen LogP contribution in [0, 0.1) is 0 Å². The average Bonchev–Trinajstić information content (AvgIpc) is 2.95. The van der Waals surface area contributed by atoms with Crippen LogP contribution in [0.25, 0.3) is 0 Å². The first-order valence-corrected chi connectivity index (χ1v) is 12.9. The minimum atomic E-state index is -1.26. The molecular formula is C28H33ClN2O13. The Kier molecular flexibility index (Phi) is 18.5. The Hall–Kier alpha value is -4.99. The number of ether oxygens (including phenoxy) is 3. The molecule has 1 unspecified atom stereocenters. The number of halogens is 1. The molecule has 1 aromatic rings. The Morgan fingerprint density at radius 1 is 0.886 bits per heavy atom. The zero-order chi connectivity index (χ0) is 33.8. The zero-order valence-corrected chi connectivity index (χ0v) is 24.7. The van der Waals surface area contributed by atoms with E-state index in [-0.39, 0.29) is 18.8 Å². The summed E-state index contributed by atoms with van der Waals surface area (Å²) in [6.45, 7) is 4.42. The summed E-state index contributed by atoms with van der Waals surface area (Å²) >= 11 is 6.42. The molecule has 0 saturated carbocycles. The van der Waals surface area contributed by atoms with E-state index in [9.17, 15) is 28.8 Å². The number of carbonyl (C=O) groups is 6. The molecule has 240 valence electrons. The quantitative estimate of drug-likeness (QED) is 0.108. The molecule has 0 fully saturated rings. The lowest BCUT2D eigenvalue weighted by Crippen LogP contribution is -2.35. The normalized spacial score (nSPS) is 14.1. The molecule has 0 radical (unpaired) electrons. The van der Waals surface area contributed by atoms with Crippen LogP contribution in [0.3, 0.4) is 0 Å². The number of benzene rings is 1. The topological polar surface area (TPSA) is 249 Å². The van der Waals surface area contributed by atoms with E-state index in [4.69, 9.17) is 52.0 Å². The highest BCUT2D eigenvalue weighted by Crippen LogP contribution is 2.41. The molecule has 0 aromatic heterocycles. The molecule has 0 bridgehead atoms. The van der Waals surface area contributed by atoms with Crippen LogP contribution >= 0.6 is 11.6 Å². The molecule has 1 aromatic carbocycles. The third-order valence-electron chi connectivity index (χ3n) is 5.01. The van der Waals surface area contributed by atoms with Crippen LogP contribution in [-0.4, -0.2) is 89.7 Å². The van der Waals surface area contributed by atoms with Gasteiger partial charge in [0.25, 0.3) is 0 Å². The Morgan fingerprint density at radius 3 is 1.80 bits per heavy atom. The summed E-state index contributed by atoms with van der Waals surface area (Å²) in [6, 6.07) is 7.05. The second-order valence-corrected chi connectivity index (χ2v) is 8.49. The maximum Gasteiger partial charge on any atom is 0.336 e. The van der Waals surface area contributed by atoms with Gasteiger partial charge in [0.05, 0.1) is 49.7 Å². The molecule has 0 amide bonds. The Labute approximate surface area is 256 Å². The fourth-order valence-electron chi connectivity index (χ4n) is 3.40. The summed E-state index contributed by atoms with van der Waals surface area (Å²) in [4.78, 5) is 63.7. The summed E-state index contributed by atoms with van der Waals surface area (Å²) in [6.07, 6.45) is 2.23. The van der Waals surface area contributed by atoms with E-state index in [0.717, 1.165) is 0 Å². The number of carbonyl (C=O) groups excluding carboxylic acids is 2. The van der Waals surface area contributed by atoms with Crippen LogP contribution in [0.5, 0.6) is 0 Å². The van der Waals surface area contributed by atoms with Gasteiger partial charge in [-0.05, 0) is 25.5 Å². The lowest BCUT2D eigenvalue weighted by Gasteiger charge is -2.31. The first-order valence-electron chi connectivity index (χ1n) is 12.5. The predicted octanol–water partition coefficient (Wildman–Crippen LogP) is 1.69. The number of methoxy groups -OCH3 is 1. The summed E-state index contributed by atoms with van der Waals surface area (Å²) in [5.74, 6) is -6.89. The third-order valence-corrected chi connectivity index (χ3v) is 5.35. The van der Waals surface area contributed by atoms with Gasteiger partial charge in [0, 0.05) is 41.6 Å². The number of rotatable bonds is 12. The van der Waals surface area contributed by atoms with Crippen molar-refractivity contribution in [2.45, 2.75) is 19.8 Å². The van der Waals surface area contributed by atoms with Gasteiger partial charge >= 0.3 is 35.8 Å². The van der Waals surface area contributed by atoms with Gasteiger partial charge in [-0.25, -0.2) is 28.8 Å². The van der Waals surface area contributed by atoms with Crippen LogP contribution in [0.15, 0.2) is 71.1 Å². The Morgan fingerprint density at radius 2 is 1.39 bits per heavy atom. The molecule has 1 atom stereocenters. The summed E-state index contributed by atoms with van der Waals surface area (Å²) in [5.41, 5.74) is 7.70. The highest BCUT2D eigenvalue weighted by molar-refractivity contribution is 6.31. The van der Waals surface area contributed by atoms with Crippen molar-refractivity contribution in [2.75, 3.05) is 33.5 Å². The van der Waals surface area contributed by atoms with Gasteiger partial charge in [0.15, 0.2) is 0 Å². The average molecular weight is 641 g/mol.